The summed E-state index contributed by atoms with van der Waals surface area (Å²) in [6, 6.07) is 0. The molecule has 0 saturated heterocycles. The van der Waals surface area contributed by atoms with E-state index in [-0.39, 0.29) is 31.1 Å². The summed E-state index contributed by atoms with van der Waals surface area (Å²) in [7, 11) is 0. The van der Waals surface area contributed by atoms with Gasteiger partial charge in [0.2, 0.25) is 0 Å². The van der Waals surface area contributed by atoms with Crippen LogP contribution < -0.4 is 0 Å². The Balaban J connectivity index is 4.23. The molecule has 0 bridgehead atoms. The second-order valence-electron chi connectivity index (χ2n) is 22.7. The molecule has 0 saturated carbocycles. The van der Waals surface area contributed by atoms with Crippen LogP contribution in [0.4, 0.5) is 0 Å². The summed E-state index contributed by atoms with van der Waals surface area (Å²) >= 11 is 0. The Hall–Kier alpha value is -2.37. The fourth-order valence-electron chi connectivity index (χ4n) is 10.1. The van der Waals surface area contributed by atoms with Gasteiger partial charge in [-0.3, -0.25) is 14.4 Å². The van der Waals surface area contributed by atoms with Crippen LogP contribution >= 0.6 is 0 Å². The molecule has 0 amide bonds. The number of esters is 3. The lowest BCUT2D eigenvalue weighted by Crippen LogP contribution is -2.30. The number of carbonyl (C=O) groups excluding carboxylic acids is 3. The predicted octanol–water partition coefficient (Wildman–Crippen LogP) is 22.8. The number of ether oxygens (including phenoxy) is 3. The van der Waals surface area contributed by atoms with Gasteiger partial charge in [0, 0.05) is 19.3 Å². The van der Waals surface area contributed by atoms with E-state index in [9.17, 15) is 14.4 Å². The molecular weight excluding hydrogens is 925 g/mol. The Morgan fingerprint density at radius 1 is 0.267 bits per heavy atom. The van der Waals surface area contributed by atoms with E-state index < -0.39 is 6.10 Å². The van der Waals surface area contributed by atoms with Crippen LogP contribution in [0.3, 0.4) is 0 Å². The van der Waals surface area contributed by atoms with Crippen LogP contribution in [0, 0.1) is 0 Å². The molecule has 440 valence electrons. The Morgan fingerprint density at radius 3 is 0.760 bits per heavy atom. The number of carbonyl (C=O) groups is 3. The van der Waals surface area contributed by atoms with Gasteiger partial charge < -0.3 is 14.2 Å². The molecule has 0 aromatic heterocycles. The first-order valence-corrected chi connectivity index (χ1v) is 33.5. The molecule has 0 aliphatic carbocycles. The number of rotatable bonds is 62. The van der Waals surface area contributed by atoms with Crippen LogP contribution in [0.25, 0.3) is 0 Å². The Kier molecular flexibility index (Phi) is 62.1. The van der Waals surface area contributed by atoms with Crippen LogP contribution in [0.1, 0.15) is 367 Å². The molecule has 0 spiro atoms. The maximum absolute atomic E-state index is 12.9. The smallest absolute Gasteiger partial charge is 0.306 e. The third-order valence-electron chi connectivity index (χ3n) is 15.1. The molecule has 0 aromatic rings. The van der Waals surface area contributed by atoms with E-state index in [1.54, 1.807) is 0 Å². The number of allylic oxidation sites excluding steroid dienone is 6. The summed E-state index contributed by atoms with van der Waals surface area (Å²) in [4.78, 5) is 38.3. The number of hydrogen-bond donors (Lipinski definition) is 0. The van der Waals surface area contributed by atoms with Gasteiger partial charge >= 0.3 is 17.9 Å². The SMILES string of the molecule is CCCCCC/C=C\C/C=C\CCCCCCCCCC(=O)OC(COC(=O)CCCCCCC/C=C\CCCCCC)COC(=O)CCCCCCCCCCCCCCCCCCCCCCCCCCCC. The minimum atomic E-state index is -0.778. The lowest BCUT2D eigenvalue weighted by atomic mass is 10.0. The summed E-state index contributed by atoms with van der Waals surface area (Å²) in [5.41, 5.74) is 0. The summed E-state index contributed by atoms with van der Waals surface area (Å²) < 4.78 is 16.9. The largest absolute Gasteiger partial charge is 0.462 e. The van der Waals surface area contributed by atoms with E-state index in [2.05, 4.69) is 57.2 Å². The molecule has 0 radical (unpaired) electrons. The summed E-state index contributed by atoms with van der Waals surface area (Å²) in [6.45, 7) is 6.66. The first-order chi connectivity index (χ1) is 37.0. The van der Waals surface area contributed by atoms with Crippen molar-refractivity contribution in [3.63, 3.8) is 0 Å². The van der Waals surface area contributed by atoms with Gasteiger partial charge in [0.25, 0.3) is 0 Å². The molecule has 0 aliphatic rings. The Labute approximate surface area is 467 Å². The zero-order valence-corrected chi connectivity index (χ0v) is 50.6. The third-order valence-corrected chi connectivity index (χ3v) is 15.1. The highest BCUT2D eigenvalue weighted by Crippen LogP contribution is 2.18. The minimum Gasteiger partial charge on any atom is -0.462 e. The fraction of sp³-hybridized carbons (Fsp3) is 0.870. The van der Waals surface area contributed by atoms with Gasteiger partial charge in [0.15, 0.2) is 6.10 Å². The summed E-state index contributed by atoms with van der Waals surface area (Å²) in [6.07, 6.45) is 78.8. The van der Waals surface area contributed by atoms with Crippen LogP contribution in [-0.2, 0) is 28.6 Å². The van der Waals surface area contributed by atoms with E-state index in [4.69, 9.17) is 14.2 Å². The molecule has 1 unspecified atom stereocenters. The van der Waals surface area contributed by atoms with Gasteiger partial charge in [-0.05, 0) is 77.0 Å². The normalized spacial score (nSPS) is 12.2. The second kappa shape index (κ2) is 64.2. The zero-order valence-electron chi connectivity index (χ0n) is 50.6. The molecule has 0 rings (SSSR count). The zero-order chi connectivity index (χ0) is 54.3. The van der Waals surface area contributed by atoms with Crippen LogP contribution in [0.15, 0.2) is 36.5 Å². The highest BCUT2D eigenvalue weighted by atomic mass is 16.6. The van der Waals surface area contributed by atoms with Crippen LogP contribution in [0.5, 0.6) is 0 Å². The maximum Gasteiger partial charge on any atom is 0.306 e. The molecule has 1 atom stereocenters. The number of hydrogen-bond acceptors (Lipinski definition) is 6. The molecule has 0 heterocycles. The number of unbranched alkanes of at least 4 members (excludes halogenated alkanes) is 45. The van der Waals surface area contributed by atoms with Gasteiger partial charge in [-0.2, -0.15) is 0 Å². The second-order valence-corrected chi connectivity index (χ2v) is 22.7. The van der Waals surface area contributed by atoms with Crippen molar-refractivity contribution in [2.24, 2.45) is 0 Å². The molecule has 0 fully saturated rings. The predicted molar refractivity (Wildman–Crippen MR) is 326 cm³/mol. The topological polar surface area (TPSA) is 78.9 Å². The van der Waals surface area contributed by atoms with E-state index in [1.165, 1.54) is 250 Å². The Bertz CT molecular complexity index is 1250. The average molecular weight is 1050 g/mol. The quantitative estimate of drug-likeness (QED) is 0.0261. The fourth-order valence-corrected chi connectivity index (χ4v) is 10.1. The molecule has 0 N–H and O–H groups in total. The van der Waals surface area contributed by atoms with Crippen LogP contribution in [0.2, 0.25) is 0 Å². The highest BCUT2D eigenvalue weighted by Gasteiger charge is 2.19. The first-order valence-electron chi connectivity index (χ1n) is 33.5. The monoisotopic (exact) mass is 1050 g/mol. The van der Waals surface area contributed by atoms with Crippen molar-refractivity contribution in [1.82, 2.24) is 0 Å². The van der Waals surface area contributed by atoms with E-state index in [1.807, 2.05) is 0 Å². The van der Waals surface area contributed by atoms with Crippen molar-refractivity contribution in [3.05, 3.63) is 36.5 Å². The van der Waals surface area contributed by atoms with Gasteiger partial charge in [-0.1, -0.05) is 308 Å². The summed E-state index contributed by atoms with van der Waals surface area (Å²) in [5, 5.41) is 0. The Morgan fingerprint density at radius 2 is 0.480 bits per heavy atom. The molecule has 0 aliphatic heterocycles. The highest BCUT2D eigenvalue weighted by molar-refractivity contribution is 5.71. The maximum atomic E-state index is 12.9. The van der Waals surface area contributed by atoms with E-state index in [0.29, 0.717) is 19.3 Å². The van der Waals surface area contributed by atoms with Gasteiger partial charge in [-0.15, -0.1) is 0 Å². The van der Waals surface area contributed by atoms with Crippen molar-refractivity contribution < 1.29 is 28.6 Å². The van der Waals surface area contributed by atoms with Crippen molar-refractivity contribution >= 4 is 17.9 Å². The van der Waals surface area contributed by atoms with E-state index in [0.717, 1.165) is 77.0 Å². The standard InChI is InChI=1S/C69H128O6/c1-4-7-10-13-16-19-22-25-27-29-31-32-33-34-35-36-37-38-40-41-44-47-50-53-56-59-62-68(71)74-65-66(64-73-67(70)61-58-55-52-49-46-43-24-21-18-15-12-9-6-3)75-69(72)63-60-57-54-51-48-45-42-39-30-28-26-23-20-17-14-11-8-5-2/h20-21,23-24,28,30,66H,4-19,22,25-27,29,31-65H2,1-3H3/b23-20-,24-21-,30-28-. The molecule has 6 heteroatoms. The lowest BCUT2D eigenvalue weighted by molar-refractivity contribution is -0.167. The van der Waals surface area contributed by atoms with Crippen molar-refractivity contribution in [2.45, 2.75) is 374 Å². The van der Waals surface area contributed by atoms with Crippen molar-refractivity contribution in [3.8, 4) is 0 Å². The third kappa shape index (κ3) is 62.4. The van der Waals surface area contributed by atoms with Crippen LogP contribution in [-0.4, -0.2) is 37.2 Å². The lowest BCUT2D eigenvalue weighted by Gasteiger charge is -2.18. The van der Waals surface area contributed by atoms with Gasteiger partial charge in [-0.25, -0.2) is 0 Å². The molecule has 75 heavy (non-hydrogen) atoms. The van der Waals surface area contributed by atoms with E-state index >= 15 is 0 Å². The van der Waals surface area contributed by atoms with Crippen molar-refractivity contribution in [2.75, 3.05) is 13.2 Å². The average Bonchev–Trinajstić information content (AvgIpc) is 3.41. The molecule has 0 aromatic carbocycles. The summed E-state index contributed by atoms with van der Waals surface area (Å²) in [5.74, 6) is -0.867. The first kappa shape index (κ1) is 72.6. The van der Waals surface area contributed by atoms with Gasteiger partial charge in [0.1, 0.15) is 13.2 Å². The van der Waals surface area contributed by atoms with Crippen molar-refractivity contribution in [1.29, 1.82) is 0 Å². The molecular formula is C69H128O6. The van der Waals surface area contributed by atoms with Gasteiger partial charge in [0.05, 0.1) is 0 Å². The minimum absolute atomic E-state index is 0.0739. The molecule has 6 nitrogen and oxygen atoms in total.